The molecule has 0 saturated heterocycles. The maximum absolute atomic E-state index is 11.1. The fourth-order valence-electron chi connectivity index (χ4n) is 1.67. The Morgan fingerprint density at radius 1 is 1.30 bits per heavy atom. The maximum Gasteiger partial charge on any atom is 0.191 e. The molecule has 0 saturated carbocycles. The molecule has 112 valence electrons. The molecule has 2 N–H and O–H groups in total. The van der Waals surface area contributed by atoms with E-state index in [4.69, 9.17) is 0 Å². The fourth-order valence-corrected chi connectivity index (χ4v) is 2.10. The van der Waals surface area contributed by atoms with Crippen LogP contribution in [0.3, 0.4) is 0 Å². The molecule has 0 aliphatic rings. The lowest BCUT2D eigenvalue weighted by Crippen LogP contribution is -2.39. The lowest BCUT2D eigenvalue weighted by Gasteiger charge is -2.18. The molecule has 0 spiro atoms. The molecule has 0 fully saturated rings. The largest absolute Gasteiger partial charge is 0.357 e. The Bertz CT molecular complexity index is 527. The second kappa shape index (κ2) is 7.89. The van der Waals surface area contributed by atoms with Gasteiger partial charge in [-0.05, 0) is 19.4 Å². The molecule has 0 radical (unpaired) electrons. The number of hydrogen-bond acceptors (Lipinski definition) is 3. The highest BCUT2D eigenvalue weighted by Crippen LogP contribution is 2.10. The maximum atomic E-state index is 11.1. The highest BCUT2D eigenvalue weighted by atomic mass is 32.2. The fraction of sp³-hybridized carbons (Fsp3) is 0.500. The van der Waals surface area contributed by atoms with E-state index in [0.717, 1.165) is 12.1 Å². The molecule has 0 aliphatic heterocycles. The van der Waals surface area contributed by atoms with Gasteiger partial charge in [0.1, 0.15) is 9.84 Å². The van der Waals surface area contributed by atoms with Crippen LogP contribution in [0.4, 0.5) is 0 Å². The average Bonchev–Trinajstić information content (AvgIpc) is 2.38. The van der Waals surface area contributed by atoms with Gasteiger partial charge in [0.25, 0.3) is 0 Å². The van der Waals surface area contributed by atoms with Gasteiger partial charge in [-0.3, -0.25) is 4.99 Å². The summed E-state index contributed by atoms with van der Waals surface area (Å²) in [6.45, 7) is 5.00. The van der Waals surface area contributed by atoms with E-state index in [9.17, 15) is 8.42 Å². The van der Waals surface area contributed by atoms with Crippen molar-refractivity contribution in [2.24, 2.45) is 4.99 Å². The van der Waals surface area contributed by atoms with E-state index < -0.39 is 9.84 Å². The van der Waals surface area contributed by atoms with Crippen molar-refractivity contribution < 1.29 is 8.42 Å². The van der Waals surface area contributed by atoms with E-state index in [1.807, 2.05) is 44.2 Å². The normalized spacial score (nSPS) is 13.8. The van der Waals surface area contributed by atoms with Crippen molar-refractivity contribution in [1.82, 2.24) is 10.6 Å². The number of rotatable bonds is 6. The van der Waals surface area contributed by atoms with Crippen LogP contribution < -0.4 is 10.6 Å². The van der Waals surface area contributed by atoms with Gasteiger partial charge in [0.2, 0.25) is 0 Å². The number of aliphatic imine (C=N–C) groups is 1. The van der Waals surface area contributed by atoms with E-state index >= 15 is 0 Å². The minimum absolute atomic E-state index is 0.0588. The van der Waals surface area contributed by atoms with Crippen LogP contribution >= 0.6 is 0 Å². The molecular formula is C14H23N3O2S. The van der Waals surface area contributed by atoms with Crippen molar-refractivity contribution in [3.8, 4) is 0 Å². The van der Waals surface area contributed by atoms with Gasteiger partial charge in [0, 0.05) is 12.8 Å². The Balaban J connectivity index is 2.64. The lowest BCUT2D eigenvalue weighted by molar-refractivity contribution is 0.601. The van der Waals surface area contributed by atoms with Crippen LogP contribution in [0, 0.1) is 0 Å². The number of guanidine groups is 1. The molecule has 5 nitrogen and oxygen atoms in total. The summed E-state index contributed by atoms with van der Waals surface area (Å²) in [6.07, 6.45) is 1.22. The molecule has 1 unspecified atom stereocenters. The van der Waals surface area contributed by atoms with Gasteiger partial charge in [-0.1, -0.05) is 30.3 Å². The number of hydrogen-bond donors (Lipinski definition) is 2. The van der Waals surface area contributed by atoms with E-state index in [0.29, 0.717) is 5.96 Å². The molecule has 0 aliphatic carbocycles. The van der Waals surface area contributed by atoms with E-state index in [1.165, 1.54) is 6.26 Å². The first-order valence-electron chi connectivity index (χ1n) is 6.70. The first kappa shape index (κ1) is 16.5. The van der Waals surface area contributed by atoms with Crippen molar-refractivity contribution in [2.45, 2.75) is 19.9 Å². The van der Waals surface area contributed by atoms with E-state index in [2.05, 4.69) is 15.6 Å². The Kier molecular flexibility index (Phi) is 6.51. The van der Waals surface area contributed by atoms with Gasteiger partial charge in [-0.15, -0.1) is 0 Å². The quantitative estimate of drug-likeness (QED) is 0.614. The molecule has 1 atom stereocenters. The van der Waals surface area contributed by atoms with Gasteiger partial charge in [0.15, 0.2) is 5.96 Å². The summed E-state index contributed by atoms with van der Waals surface area (Å²) in [7, 11) is -2.98. The Labute approximate surface area is 121 Å². The van der Waals surface area contributed by atoms with Gasteiger partial charge in [-0.2, -0.15) is 0 Å². The van der Waals surface area contributed by atoms with E-state index in [1.54, 1.807) is 0 Å². The topological polar surface area (TPSA) is 70.6 Å². The summed E-state index contributed by atoms with van der Waals surface area (Å²) < 4.78 is 22.2. The minimum atomic E-state index is -2.98. The second-order valence-corrected chi connectivity index (χ2v) is 6.93. The molecule has 20 heavy (non-hydrogen) atoms. The third kappa shape index (κ3) is 6.56. The van der Waals surface area contributed by atoms with E-state index in [-0.39, 0.29) is 18.3 Å². The summed E-state index contributed by atoms with van der Waals surface area (Å²) in [4.78, 5) is 4.28. The minimum Gasteiger partial charge on any atom is -0.357 e. The highest BCUT2D eigenvalue weighted by Gasteiger charge is 2.07. The van der Waals surface area contributed by atoms with Gasteiger partial charge >= 0.3 is 0 Å². The predicted molar refractivity (Wildman–Crippen MR) is 83.7 cm³/mol. The first-order chi connectivity index (χ1) is 9.42. The summed E-state index contributed by atoms with van der Waals surface area (Å²) >= 11 is 0. The van der Waals surface area contributed by atoms with Crippen molar-refractivity contribution in [3.63, 3.8) is 0 Å². The zero-order chi connectivity index (χ0) is 15.0. The Morgan fingerprint density at radius 3 is 2.50 bits per heavy atom. The number of nitrogens with one attached hydrogen (secondary N) is 2. The summed E-state index contributed by atoms with van der Waals surface area (Å²) in [5.74, 6) is 0.691. The van der Waals surface area contributed by atoms with Crippen LogP contribution in [-0.2, 0) is 9.84 Å². The summed E-state index contributed by atoms with van der Waals surface area (Å²) in [5, 5.41) is 6.38. The Hall–Kier alpha value is -1.56. The molecule has 1 aromatic carbocycles. The summed E-state index contributed by atoms with van der Waals surface area (Å²) in [5.41, 5.74) is 1.15. The monoisotopic (exact) mass is 297 g/mol. The third-order valence-corrected chi connectivity index (χ3v) is 3.65. The average molecular weight is 297 g/mol. The van der Waals surface area contributed by atoms with Gasteiger partial charge < -0.3 is 10.6 Å². The van der Waals surface area contributed by atoms with Crippen molar-refractivity contribution in [2.75, 3.05) is 25.1 Å². The number of benzene rings is 1. The van der Waals surface area contributed by atoms with Crippen LogP contribution in [0.2, 0.25) is 0 Å². The number of nitrogens with zero attached hydrogens (tertiary/aromatic N) is 1. The Morgan fingerprint density at radius 2 is 1.95 bits per heavy atom. The molecule has 0 amide bonds. The zero-order valence-corrected chi connectivity index (χ0v) is 13.1. The smallest absolute Gasteiger partial charge is 0.191 e. The molecular weight excluding hydrogens is 274 g/mol. The molecule has 1 rings (SSSR count). The molecule has 0 aromatic heterocycles. The van der Waals surface area contributed by atoms with Crippen molar-refractivity contribution in [3.05, 3.63) is 35.9 Å². The lowest BCUT2D eigenvalue weighted by atomic mass is 10.1. The molecule has 0 bridgehead atoms. The molecule has 0 heterocycles. The molecule has 6 heteroatoms. The zero-order valence-electron chi connectivity index (χ0n) is 12.3. The van der Waals surface area contributed by atoms with Crippen LogP contribution in [0.25, 0.3) is 0 Å². The van der Waals surface area contributed by atoms with Crippen molar-refractivity contribution >= 4 is 15.8 Å². The summed E-state index contributed by atoms with van der Waals surface area (Å²) in [6, 6.07) is 10.1. The third-order valence-electron chi connectivity index (χ3n) is 2.73. The van der Waals surface area contributed by atoms with Crippen LogP contribution in [0.1, 0.15) is 25.5 Å². The van der Waals surface area contributed by atoms with Gasteiger partial charge in [-0.25, -0.2) is 8.42 Å². The van der Waals surface area contributed by atoms with Crippen LogP contribution in [0.15, 0.2) is 35.3 Å². The van der Waals surface area contributed by atoms with Gasteiger partial charge in [0.05, 0.1) is 18.3 Å². The van der Waals surface area contributed by atoms with Crippen molar-refractivity contribution in [1.29, 1.82) is 0 Å². The molecule has 1 aromatic rings. The number of sulfone groups is 1. The highest BCUT2D eigenvalue weighted by molar-refractivity contribution is 7.90. The standard InChI is InChI=1S/C14H23N3O2S/c1-4-15-14(16-10-11-20(3,18)19)17-12(2)13-8-6-5-7-9-13/h5-9,12H,4,10-11H2,1-3H3,(H2,15,16,17). The SMILES string of the molecule is CCNC(=NCCS(C)(=O)=O)NC(C)c1ccccc1. The second-order valence-electron chi connectivity index (χ2n) is 4.67. The first-order valence-corrected chi connectivity index (χ1v) is 8.76. The van der Waals surface area contributed by atoms with Crippen LogP contribution in [0.5, 0.6) is 0 Å². The van der Waals surface area contributed by atoms with Crippen LogP contribution in [-0.4, -0.2) is 39.5 Å². The predicted octanol–water partition coefficient (Wildman–Crippen LogP) is 1.35.